The molecule has 0 fully saturated rings. The van der Waals surface area contributed by atoms with Crippen molar-refractivity contribution in [1.82, 2.24) is 4.98 Å². The molecule has 0 aliphatic carbocycles. The molecule has 4 heteroatoms. The number of hydrogen-bond donors (Lipinski definition) is 1. The summed E-state index contributed by atoms with van der Waals surface area (Å²) in [7, 11) is 0. The molecule has 4 nitrogen and oxygen atoms in total. The number of anilines is 2. The molecule has 0 aliphatic rings. The normalized spacial score (nSPS) is 11.9. The molecule has 0 amide bonds. The van der Waals surface area contributed by atoms with Gasteiger partial charge < -0.3 is 4.42 Å². The summed E-state index contributed by atoms with van der Waals surface area (Å²) in [6.07, 6.45) is 1.87. The van der Waals surface area contributed by atoms with Crippen LogP contribution in [0.1, 0.15) is 82.7 Å². The van der Waals surface area contributed by atoms with Crippen LogP contribution in [0, 0.1) is 5.41 Å². The van der Waals surface area contributed by atoms with E-state index in [2.05, 4.69) is 150 Å². The van der Waals surface area contributed by atoms with Crippen LogP contribution in [0.25, 0.3) is 44.2 Å². The van der Waals surface area contributed by atoms with Gasteiger partial charge in [0.25, 0.3) is 0 Å². The summed E-state index contributed by atoms with van der Waals surface area (Å²) in [5.74, 6) is 0.877. The summed E-state index contributed by atoms with van der Waals surface area (Å²) in [6.45, 7) is 15.4. The lowest BCUT2D eigenvalue weighted by atomic mass is 9.89. The third-order valence-electron chi connectivity index (χ3n) is 9.64. The molecule has 2 aromatic heterocycles. The molecule has 0 atom stereocenters. The molecule has 0 bridgehead atoms. The minimum Gasteiger partial charge on any atom is -0.455 e. The van der Waals surface area contributed by atoms with Gasteiger partial charge in [-0.2, -0.15) is 0 Å². The zero-order valence-corrected chi connectivity index (χ0v) is 30.1. The number of amidine groups is 1. The summed E-state index contributed by atoms with van der Waals surface area (Å²) in [5.41, 5.74) is 12.1. The lowest BCUT2D eigenvalue weighted by Gasteiger charge is -2.33. The Morgan fingerprint density at radius 3 is 1.88 bits per heavy atom. The molecule has 0 unspecified atom stereocenters. The number of aromatic nitrogens is 1. The highest BCUT2D eigenvalue weighted by Crippen LogP contribution is 2.42. The zero-order chi connectivity index (χ0) is 35.2. The molecule has 0 saturated carbocycles. The minimum atomic E-state index is -0.152. The van der Waals surface area contributed by atoms with Crippen molar-refractivity contribution in [2.75, 3.05) is 4.90 Å². The van der Waals surface area contributed by atoms with Gasteiger partial charge in [-0.25, -0.2) is 0 Å². The van der Waals surface area contributed by atoms with Crippen molar-refractivity contribution >= 4 is 39.1 Å². The smallest absolute Gasteiger partial charge is 0.146 e. The fourth-order valence-electron chi connectivity index (χ4n) is 6.88. The van der Waals surface area contributed by atoms with Crippen LogP contribution in [-0.2, 0) is 5.41 Å². The average molecular weight is 656 g/mol. The first-order valence-corrected chi connectivity index (χ1v) is 17.6. The molecule has 50 heavy (non-hydrogen) atoms. The molecule has 1 N–H and O–H groups in total. The van der Waals surface area contributed by atoms with Gasteiger partial charge in [0.1, 0.15) is 17.0 Å². The van der Waals surface area contributed by atoms with Crippen LogP contribution < -0.4 is 4.90 Å². The highest BCUT2D eigenvalue weighted by Gasteiger charge is 2.28. The second-order valence-corrected chi connectivity index (χ2v) is 14.9. The largest absolute Gasteiger partial charge is 0.455 e. The molecule has 0 radical (unpaired) electrons. The molecule has 7 aromatic rings. The van der Waals surface area contributed by atoms with Crippen molar-refractivity contribution in [2.24, 2.45) is 0 Å². The zero-order valence-electron chi connectivity index (χ0n) is 30.1. The van der Waals surface area contributed by atoms with E-state index < -0.39 is 0 Å². The Morgan fingerprint density at radius 1 is 0.640 bits per heavy atom. The van der Waals surface area contributed by atoms with Crippen molar-refractivity contribution in [3.05, 3.63) is 150 Å². The number of nitrogens with zero attached hydrogens (tertiary/aromatic N) is 2. The number of benzene rings is 5. The van der Waals surface area contributed by atoms with E-state index in [-0.39, 0.29) is 17.3 Å². The van der Waals surface area contributed by atoms with Gasteiger partial charge in [0.2, 0.25) is 0 Å². The van der Waals surface area contributed by atoms with Crippen molar-refractivity contribution in [3.8, 4) is 22.3 Å². The number of nitrogens with one attached hydrogen (secondary N) is 1. The molecule has 2 heterocycles. The Labute approximate surface area is 295 Å². The molecule has 7 rings (SSSR count). The fourth-order valence-corrected chi connectivity index (χ4v) is 6.88. The van der Waals surface area contributed by atoms with Crippen molar-refractivity contribution in [1.29, 1.82) is 5.41 Å². The maximum absolute atomic E-state index is 10.0. The van der Waals surface area contributed by atoms with E-state index in [0.29, 0.717) is 11.4 Å². The Hall–Kier alpha value is -5.48. The number of para-hydroxylation sites is 2. The molecule has 0 spiro atoms. The lowest BCUT2D eigenvalue weighted by molar-refractivity contribution is 0.569. The fraction of sp³-hybridized carbons (Fsp3) is 0.217. The van der Waals surface area contributed by atoms with Crippen LogP contribution in [0.2, 0.25) is 0 Å². The Bertz CT molecular complexity index is 2300. The van der Waals surface area contributed by atoms with Gasteiger partial charge in [0.05, 0.1) is 16.9 Å². The van der Waals surface area contributed by atoms with Crippen LogP contribution in [-0.4, -0.2) is 10.8 Å². The Morgan fingerprint density at radius 2 is 1.24 bits per heavy atom. The second-order valence-electron chi connectivity index (χ2n) is 14.9. The SMILES string of the molecule is CC(C)c1cccc(C(C)C)c1N(C(=N)c1cccc2c1oc1cc(-c3ccc(-c4ccccc4)cc3)ccc12)c1ccnc(C(C)(C)C)c1. The van der Waals surface area contributed by atoms with Crippen LogP contribution in [0.4, 0.5) is 11.4 Å². The van der Waals surface area contributed by atoms with E-state index >= 15 is 0 Å². The Balaban J connectivity index is 1.37. The van der Waals surface area contributed by atoms with Crippen molar-refractivity contribution in [3.63, 3.8) is 0 Å². The van der Waals surface area contributed by atoms with Gasteiger partial charge in [-0.15, -0.1) is 0 Å². The summed E-state index contributed by atoms with van der Waals surface area (Å²) in [5, 5.41) is 12.1. The van der Waals surface area contributed by atoms with Gasteiger partial charge in [-0.3, -0.25) is 15.3 Å². The maximum Gasteiger partial charge on any atom is 0.146 e. The summed E-state index contributed by atoms with van der Waals surface area (Å²) >= 11 is 0. The maximum atomic E-state index is 10.0. The van der Waals surface area contributed by atoms with Gasteiger partial charge in [0.15, 0.2) is 0 Å². The van der Waals surface area contributed by atoms with E-state index in [1.54, 1.807) is 0 Å². The first-order valence-electron chi connectivity index (χ1n) is 17.6. The predicted octanol–water partition coefficient (Wildman–Crippen LogP) is 13.0. The highest BCUT2D eigenvalue weighted by atomic mass is 16.3. The summed E-state index contributed by atoms with van der Waals surface area (Å²) < 4.78 is 6.74. The van der Waals surface area contributed by atoms with E-state index in [0.717, 1.165) is 50.1 Å². The average Bonchev–Trinajstić information content (AvgIpc) is 3.50. The van der Waals surface area contributed by atoms with E-state index in [4.69, 9.17) is 9.40 Å². The third kappa shape index (κ3) is 6.11. The van der Waals surface area contributed by atoms with E-state index in [1.165, 1.54) is 22.3 Å². The molecule has 0 aliphatic heterocycles. The molecule has 250 valence electrons. The number of pyridine rings is 1. The number of fused-ring (bicyclic) bond motifs is 3. The first kappa shape index (κ1) is 33.0. The van der Waals surface area contributed by atoms with Crippen molar-refractivity contribution < 1.29 is 4.42 Å². The third-order valence-corrected chi connectivity index (χ3v) is 9.64. The second kappa shape index (κ2) is 13.1. The highest BCUT2D eigenvalue weighted by molar-refractivity contribution is 6.21. The predicted molar refractivity (Wildman–Crippen MR) is 211 cm³/mol. The topological polar surface area (TPSA) is 53.1 Å². The van der Waals surface area contributed by atoms with E-state index in [9.17, 15) is 5.41 Å². The van der Waals surface area contributed by atoms with Gasteiger partial charge in [-0.05, 0) is 75.5 Å². The quantitative estimate of drug-likeness (QED) is 0.137. The molecular weight excluding hydrogens is 611 g/mol. The molecule has 0 saturated heterocycles. The van der Waals surface area contributed by atoms with Gasteiger partial charge in [-0.1, -0.05) is 139 Å². The van der Waals surface area contributed by atoms with Gasteiger partial charge in [0, 0.05) is 28.1 Å². The van der Waals surface area contributed by atoms with Crippen LogP contribution >= 0.6 is 0 Å². The molecular formula is C46H45N3O. The van der Waals surface area contributed by atoms with Crippen molar-refractivity contribution in [2.45, 2.75) is 65.7 Å². The van der Waals surface area contributed by atoms with Crippen LogP contribution in [0.15, 0.2) is 132 Å². The summed E-state index contributed by atoms with van der Waals surface area (Å²) in [4.78, 5) is 6.88. The van der Waals surface area contributed by atoms with E-state index in [1.807, 2.05) is 30.5 Å². The lowest BCUT2D eigenvalue weighted by Crippen LogP contribution is -2.29. The Kier molecular flexibility index (Phi) is 8.65. The standard InChI is InChI=1S/C46H45N3O/c1-29(2)36-15-11-16-37(30(3)4)43(36)49(35-25-26-48-42(28-35)46(5,6)7)45(47)40-18-12-17-39-38-24-23-34(27-41(38)50-44(39)40)33-21-19-32(20-22-33)31-13-9-8-10-14-31/h8-30,47H,1-7H3. The first-order chi connectivity index (χ1) is 24.0. The number of rotatable bonds is 7. The summed E-state index contributed by atoms with van der Waals surface area (Å²) in [6, 6.07) is 42.5. The van der Waals surface area contributed by atoms with Crippen LogP contribution in [0.5, 0.6) is 0 Å². The van der Waals surface area contributed by atoms with Gasteiger partial charge >= 0.3 is 0 Å². The number of furan rings is 1. The monoisotopic (exact) mass is 655 g/mol. The van der Waals surface area contributed by atoms with Crippen LogP contribution in [0.3, 0.4) is 0 Å². The minimum absolute atomic E-state index is 0.152. The number of hydrogen-bond acceptors (Lipinski definition) is 3. The molecule has 5 aromatic carbocycles.